The number of carbonyl (C=O) groups excluding carboxylic acids is 1. The average molecular weight is 355 g/mol. The van der Waals surface area contributed by atoms with Crippen molar-refractivity contribution in [3.05, 3.63) is 44.6 Å². The lowest BCUT2D eigenvalue weighted by molar-refractivity contribution is 0.102. The Hall–Kier alpha value is -1.23. The molecule has 0 aliphatic carbocycles. The van der Waals surface area contributed by atoms with Crippen LogP contribution in [-0.4, -0.2) is 19.0 Å². The molecule has 1 aliphatic rings. The summed E-state index contributed by atoms with van der Waals surface area (Å²) in [6.07, 6.45) is 3.81. The van der Waals surface area contributed by atoms with E-state index in [-0.39, 0.29) is 5.91 Å². The summed E-state index contributed by atoms with van der Waals surface area (Å²) < 4.78 is 0.919. The molecule has 1 saturated heterocycles. The quantitative estimate of drug-likeness (QED) is 0.811. The van der Waals surface area contributed by atoms with Crippen LogP contribution in [0.1, 0.15) is 29.6 Å². The van der Waals surface area contributed by atoms with Gasteiger partial charge in [-0.25, -0.2) is 0 Å². The number of hydrogen-bond acceptors (Lipinski definition) is 3. The van der Waals surface area contributed by atoms with Crippen LogP contribution >= 0.6 is 34.5 Å². The highest BCUT2D eigenvalue weighted by Crippen LogP contribution is 2.31. The fraction of sp³-hybridized carbons (Fsp3) is 0.312. The summed E-state index contributed by atoms with van der Waals surface area (Å²) in [5.41, 5.74) is 2.37. The second kappa shape index (κ2) is 6.90. The van der Waals surface area contributed by atoms with Crippen LogP contribution in [0, 0.1) is 0 Å². The van der Waals surface area contributed by atoms with Gasteiger partial charge in [0.2, 0.25) is 0 Å². The molecule has 0 unspecified atom stereocenters. The van der Waals surface area contributed by atoms with E-state index in [1.54, 1.807) is 6.07 Å². The van der Waals surface area contributed by atoms with Crippen molar-refractivity contribution < 1.29 is 4.79 Å². The van der Waals surface area contributed by atoms with Crippen LogP contribution in [0.2, 0.25) is 8.67 Å². The highest BCUT2D eigenvalue weighted by atomic mass is 35.5. The van der Waals surface area contributed by atoms with Gasteiger partial charge in [-0.1, -0.05) is 23.2 Å². The zero-order valence-electron chi connectivity index (χ0n) is 11.9. The summed E-state index contributed by atoms with van der Waals surface area (Å²) in [5.74, 6) is -0.237. The third kappa shape index (κ3) is 3.57. The molecular formula is C16H16Cl2N2OS. The fourth-order valence-corrected chi connectivity index (χ4v) is 4.06. The highest BCUT2D eigenvalue weighted by molar-refractivity contribution is 7.20. The van der Waals surface area contributed by atoms with Gasteiger partial charge in [0, 0.05) is 24.5 Å². The zero-order valence-corrected chi connectivity index (χ0v) is 14.3. The molecule has 0 bridgehead atoms. The van der Waals surface area contributed by atoms with Gasteiger partial charge in [0.25, 0.3) is 5.91 Å². The maximum atomic E-state index is 12.2. The molecule has 1 aliphatic heterocycles. The minimum Gasteiger partial charge on any atom is -0.372 e. The van der Waals surface area contributed by atoms with Crippen LogP contribution in [0.3, 0.4) is 0 Å². The Kier molecular flexibility index (Phi) is 4.91. The lowest BCUT2D eigenvalue weighted by Gasteiger charge is -2.28. The van der Waals surface area contributed by atoms with Crippen molar-refractivity contribution in [1.82, 2.24) is 0 Å². The van der Waals surface area contributed by atoms with E-state index in [0.29, 0.717) is 14.2 Å². The maximum absolute atomic E-state index is 12.2. The molecule has 1 N–H and O–H groups in total. The van der Waals surface area contributed by atoms with E-state index in [0.717, 1.165) is 18.8 Å². The third-order valence-electron chi connectivity index (χ3n) is 3.75. The average Bonchev–Trinajstić information content (AvgIpc) is 2.88. The lowest BCUT2D eigenvalue weighted by Crippen LogP contribution is -2.29. The van der Waals surface area contributed by atoms with E-state index in [4.69, 9.17) is 23.2 Å². The lowest BCUT2D eigenvalue weighted by atomic mass is 10.1. The van der Waals surface area contributed by atoms with Gasteiger partial charge in [-0.2, -0.15) is 0 Å². The molecular weight excluding hydrogens is 339 g/mol. The standard InChI is InChI=1S/C16H16Cl2N2OS/c17-14-10-13(15(18)22-14)16(21)19-11-4-6-12(7-5-11)20-8-2-1-3-9-20/h4-7,10H,1-3,8-9H2,(H,19,21). The first kappa shape index (κ1) is 15.7. The first-order valence-corrected chi connectivity index (χ1v) is 8.82. The Morgan fingerprint density at radius 3 is 2.36 bits per heavy atom. The van der Waals surface area contributed by atoms with Gasteiger partial charge in [0.05, 0.1) is 9.90 Å². The Bertz CT molecular complexity index is 663. The number of carbonyl (C=O) groups is 1. The van der Waals surface area contributed by atoms with Crippen LogP contribution in [0.5, 0.6) is 0 Å². The SMILES string of the molecule is O=C(Nc1ccc(N2CCCCC2)cc1)c1cc(Cl)sc1Cl. The van der Waals surface area contributed by atoms with Gasteiger partial charge in [-0.05, 0) is 49.6 Å². The summed E-state index contributed by atoms with van der Waals surface area (Å²) in [6, 6.07) is 9.52. The predicted molar refractivity (Wildman–Crippen MR) is 94.8 cm³/mol. The Balaban J connectivity index is 1.68. The second-order valence-corrected chi connectivity index (χ2v) is 7.57. The monoisotopic (exact) mass is 354 g/mol. The highest BCUT2D eigenvalue weighted by Gasteiger charge is 2.15. The van der Waals surface area contributed by atoms with Gasteiger partial charge < -0.3 is 10.2 Å². The summed E-state index contributed by atoms with van der Waals surface area (Å²) in [5, 5.41) is 2.85. The van der Waals surface area contributed by atoms with Crippen LogP contribution in [0.15, 0.2) is 30.3 Å². The topological polar surface area (TPSA) is 32.3 Å². The van der Waals surface area contributed by atoms with Gasteiger partial charge in [0.1, 0.15) is 4.34 Å². The van der Waals surface area contributed by atoms with Gasteiger partial charge in [0.15, 0.2) is 0 Å². The minimum absolute atomic E-state index is 0.237. The first-order valence-electron chi connectivity index (χ1n) is 7.25. The van der Waals surface area contributed by atoms with E-state index >= 15 is 0 Å². The Morgan fingerprint density at radius 2 is 1.77 bits per heavy atom. The zero-order chi connectivity index (χ0) is 15.5. The molecule has 1 fully saturated rings. The number of benzene rings is 1. The Labute approximate surface area is 143 Å². The van der Waals surface area contributed by atoms with Gasteiger partial charge in [-0.3, -0.25) is 4.79 Å². The van der Waals surface area contributed by atoms with Crippen molar-refractivity contribution in [3.63, 3.8) is 0 Å². The normalized spacial score (nSPS) is 14.9. The van der Waals surface area contributed by atoms with Crippen LogP contribution < -0.4 is 10.2 Å². The number of anilines is 2. The molecule has 1 aromatic heterocycles. The third-order valence-corrected chi connectivity index (χ3v) is 5.24. The van der Waals surface area contributed by atoms with Gasteiger partial charge in [-0.15, -0.1) is 11.3 Å². The molecule has 0 spiro atoms. The number of halogens is 2. The van der Waals surface area contributed by atoms with Crippen molar-refractivity contribution in [1.29, 1.82) is 0 Å². The molecule has 3 rings (SSSR count). The smallest absolute Gasteiger partial charge is 0.258 e. The molecule has 0 atom stereocenters. The van der Waals surface area contributed by atoms with E-state index < -0.39 is 0 Å². The number of piperidine rings is 1. The molecule has 2 heterocycles. The van der Waals surface area contributed by atoms with E-state index in [2.05, 4.69) is 10.2 Å². The second-order valence-electron chi connectivity index (χ2n) is 5.29. The van der Waals surface area contributed by atoms with E-state index in [9.17, 15) is 4.79 Å². The summed E-state index contributed by atoms with van der Waals surface area (Å²) in [6.45, 7) is 2.21. The number of amides is 1. The molecule has 22 heavy (non-hydrogen) atoms. The van der Waals surface area contributed by atoms with Crippen molar-refractivity contribution in [2.24, 2.45) is 0 Å². The number of nitrogens with one attached hydrogen (secondary N) is 1. The molecule has 0 saturated carbocycles. The number of rotatable bonds is 3. The molecule has 2 aromatic rings. The van der Waals surface area contributed by atoms with Crippen LogP contribution in [0.25, 0.3) is 0 Å². The summed E-state index contributed by atoms with van der Waals surface area (Å²) in [7, 11) is 0. The first-order chi connectivity index (χ1) is 10.6. The summed E-state index contributed by atoms with van der Waals surface area (Å²) >= 11 is 13.1. The van der Waals surface area contributed by atoms with Crippen molar-refractivity contribution in [2.75, 3.05) is 23.3 Å². The fourth-order valence-electron chi connectivity index (χ4n) is 2.60. The Morgan fingerprint density at radius 1 is 1.09 bits per heavy atom. The predicted octanol–water partition coefficient (Wildman–Crippen LogP) is 5.30. The van der Waals surface area contributed by atoms with Crippen molar-refractivity contribution in [3.8, 4) is 0 Å². The van der Waals surface area contributed by atoms with Crippen molar-refractivity contribution in [2.45, 2.75) is 19.3 Å². The largest absolute Gasteiger partial charge is 0.372 e. The number of nitrogens with zero attached hydrogens (tertiary/aromatic N) is 1. The number of hydrogen-bond donors (Lipinski definition) is 1. The van der Waals surface area contributed by atoms with Crippen molar-refractivity contribution >= 4 is 51.8 Å². The molecule has 6 heteroatoms. The van der Waals surface area contributed by atoms with Gasteiger partial charge >= 0.3 is 0 Å². The number of thiophene rings is 1. The maximum Gasteiger partial charge on any atom is 0.258 e. The summed E-state index contributed by atoms with van der Waals surface area (Å²) in [4.78, 5) is 14.6. The van der Waals surface area contributed by atoms with E-state index in [1.807, 2.05) is 24.3 Å². The van der Waals surface area contributed by atoms with E-state index in [1.165, 1.54) is 36.3 Å². The van der Waals surface area contributed by atoms with Crippen LogP contribution in [0.4, 0.5) is 11.4 Å². The molecule has 1 aromatic carbocycles. The molecule has 3 nitrogen and oxygen atoms in total. The van der Waals surface area contributed by atoms with Crippen LogP contribution in [-0.2, 0) is 0 Å². The molecule has 116 valence electrons. The minimum atomic E-state index is -0.237. The molecule has 0 radical (unpaired) electrons. The molecule has 1 amide bonds.